The Morgan fingerprint density at radius 2 is 2.04 bits per heavy atom. The molecule has 26 heavy (non-hydrogen) atoms. The van der Waals surface area contributed by atoms with Crippen molar-refractivity contribution < 1.29 is 23.1 Å². The number of amides is 1. The fourth-order valence-electron chi connectivity index (χ4n) is 2.89. The molecule has 1 aliphatic rings. The first-order valence-electron chi connectivity index (χ1n) is 7.85. The number of anilines is 1. The second kappa shape index (κ2) is 6.87. The van der Waals surface area contributed by atoms with Gasteiger partial charge in [-0.2, -0.15) is 13.2 Å². The summed E-state index contributed by atoms with van der Waals surface area (Å²) in [6.45, 7) is 0. The molecular weight excluding hydrogens is 351 g/mol. The Morgan fingerprint density at radius 3 is 2.62 bits per heavy atom. The zero-order valence-corrected chi connectivity index (χ0v) is 13.4. The molecule has 1 atom stereocenters. The Kier molecular flexibility index (Phi) is 4.77. The van der Waals surface area contributed by atoms with E-state index in [9.17, 15) is 23.1 Å². The minimum atomic E-state index is -4.85. The Bertz CT molecular complexity index is 794. The molecule has 2 aromatic heterocycles. The zero-order valence-electron chi connectivity index (χ0n) is 13.4. The van der Waals surface area contributed by atoms with Crippen molar-refractivity contribution in [3.63, 3.8) is 0 Å². The average Bonchev–Trinajstić information content (AvgIpc) is 2.57. The molecule has 2 aromatic rings. The highest BCUT2D eigenvalue weighted by molar-refractivity contribution is 5.95. The van der Waals surface area contributed by atoms with Gasteiger partial charge in [-0.05, 0) is 30.9 Å². The topological polar surface area (TPSA) is 114 Å². The van der Waals surface area contributed by atoms with E-state index in [0.717, 1.165) is 6.20 Å². The van der Waals surface area contributed by atoms with Crippen LogP contribution in [-0.4, -0.2) is 32.1 Å². The fourth-order valence-corrected chi connectivity index (χ4v) is 2.89. The predicted molar refractivity (Wildman–Crippen MR) is 84.6 cm³/mol. The third kappa shape index (κ3) is 3.74. The van der Waals surface area contributed by atoms with Crippen molar-refractivity contribution in [1.29, 1.82) is 0 Å². The summed E-state index contributed by atoms with van der Waals surface area (Å²) in [5.41, 5.74) is 3.61. The van der Waals surface area contributed by atoms with Crippen LogP contribution in [0.3, 0.4) is 0 Å². The quantitative estimate of drug-likeness (QED) is 0.758. The molecule has 0 saturated heterocycles. The Labute approximate surface area is 146 Å². The highest BCUT2D eigenvalue weighted by atomic mass is 19.4. The maximum atomic E-state index is 13.2. The summed E-state index contributed by atoms with van der Waals surface area (Å²) < 4.78 is 39.5. The number of hydrogen-bond donors (Lipinski definition) is 3. The molecule has 1 fully saturated rings. The number of nitrogens with zero attached hydrogens (tertiary/aromatic N) is 3. The number of aliphatic hydroxyl groups is 1. The largest absolute Gasteiger partial charge is 0.434 e. The van der Waals surface area contributed by atoms with Crippen molar-refractivity contribution >= 4 is 11.9 Å². The average molecular weight is 367 g/mol. The first-order chi connectivity index (χ1) is 12.3. The Balaban J connectivity index is 1.89. The molecule has 2 heterocycles. The van der Waals surface area contributed by atoms with E-state index in [0.29, 0.717) is 18.5 Å². The molecular formula is C16H16F3N5O2. The first-order valence-corrected chi connectivity index (χ1v) is 7.85. The van der Waals surface area contributed by atoms with Crippen LogP contribution in [0.25, 0.3) is 0 Å². The van der Waals surface area contributed by atoms with E-state index in [1.54, 1.807) is 18.2 Å². The van der Waals surface area contributed by atoms with Crippen LogP contribution in [0.2, 0.25) is 0 Å². The molecule has 0 spiro atoms. The van der Waals surface area contributed by atoms with Gasteiger partial charge in [-0.25, -0.2) is 9.97 Å². The highest BCUT2D eigenvalue weighted by Crippen LogP contribution is 2.38. The lowest BCUT2D eigenvalue weighted by Crippen LogP contribution is -2.42. The van der Waals surface area contributed by atoms with Crippen LogP contribution in [0.4, 0.5) is 19.1 Å². The van der Waals surface area contributed by atoms with E-state index in [4.69, 9.17) is 5.73 Å². The third-order valence-electron chi connectivity index (χ3n) is 4.23. The number of rotatable bonds is 4. The number of halogens is 3. The Hall–Kier alpha value is -2.75. The van der Waals surface area contributed by atoms with Crippen LogP contribution in [0.15, 0.2) is 30.6 Å². The molecule has 0 unspecified atom stereocenters. The van der Waals surface area contributed by atoms with E-state index in [1.807, 2.05) is 0 Å². The number of nitrogens with two attached hydrogens (primary N) is 1. The van der Waals surface area contributed by atoms with E-state index >= 15 is 0 Å². The van der Waals surface area contributed by atoms with Crippen molar-refractivity contribution in [2.24, 2.45) is 5.92 Å². The van der Waals surface area contributed by atoms with Gasteiger partial charge in [0.2, 0.25) is 5.95 Å². The molecule has 1 aliphatic carbocycles. The van der Waals surface area contributed by atoms with Gasteiger partial charge in [-0.3, -0.25) is 9.78 Å². The molecule has 4 N–H and O–H groups in total. The van der Waals surface area contributed by atoms with E-state index < -0.39 is 41.4 Å². The van der Waals surface area contributed by atoms with Gasteiger partial charge in [-0.15, -0.1) is 0 Å². The van der Waals surface area contributed by atoms with Gasteiger partial charge in [0.1, 0.15) is 0 Å². The molecule has 0 aromatic carbocycles. The van der Waals surface area contributed by atoms with Gasteiger partial charge in [0.25, 0.3) is 5.91 Å². The normalized spacial score (nSPS) is 20.9. The number of nitrogens with one attached hydrogen (secondary N) is 1. The third-order valence-corrected chi connectivity index (χ3v) is 4.23. The van der Waals surface area contributed by atoms with Gasteiger partial charge in [0, 0.05) is 12.4 Å². The molecule has 1 saturated carbocycles. The van der Waals surface area contributed by atoms with Crippen molar-refractivity contribution in [2.75, 3.05) is 5.73 Å². The minimum Gasteiger partial charge on any atom is -0.393 e. The summed E-state index contributed by atoms with van der Waals surface area (Å²) >= 11 is 0. The van der Waals surface area contributed by atoms with E-state index in [2.05, 4.69) is 20.3 Å². The number of nitrogen functional groups attached to an aromatic ring is 1. The SMILES string of the molecule is Nc1ncc(C(=O)N[C@H](c2ccccn2)C2CC(O)C2)c(C(F)(F)F)n1. The maximum absolute atomic E-state index is 13.2. The van der Waals surface area contributed by atoms with Crippen LogP contribution >= 0.6 is 0 Å². The van der Waals surface area contributed by atoms with Crippen molar-refractivity contribution in [3.8, 4) is 0 Å². The standard InChI is InChI=1S/C16H16F3N5O2/c17-16(18,19)13-10(7-22-15(20)24-13)14(26)23-12(8-5-9(25)6-8)11-3-1-2-4-21-11/h1-4,7-9,12,25H,5-6H2,(H,23,26)(H2,20,22,24)/t8?,9?,12-/m0/s1. The summed E-state index contributed by atoms with van der Waals surface area (Å²) in [6.07, 6.45) is -2.22. The van der Waals surface area contributed by atoms with E-state index in [-0.39, 0.29) is 5.92 Å². The lowest BCUT2D eigenvalue weighted by atomic mass is 9.76. The smallest absolute Gasteiger partial charge is 0.393 e. The number of aromatic nitrogens is 3. The molecule has 0 aliphatic heterocycles. The summed E-state index contributed by atoms with van der Waals surface area (Å²) in [7, 11) is 0. The number of pyridine rings is 1. The monoisotopic (exact) mass is 367 g/mol. The summed E-state index contributed by atoms with van der Waals surface area (Å²) in [4.78, 5) is 23.3. The molecule has 7 nitrogen and oxygen atoms in total. The van der Waals surface area contributed by atoms with Crippen molar-refractivity contribution in [1.82, 2.24) is 20.3 Å². The zero-order chi connectivity index (χ0) is 18.9. The number of hydrogen-bond acceptors (Lipinski definition) is 6. The van der Waals surface area contributed by atoms with Gasteiger partial charge in [0.05, 0.1) is 23.4 Å². The second-order valence-corrected chi connectivity index (χ2v) is 6.08. The number of carbonyl (C=O) groups is 1. The maximum Gasteiger partial charge on any atom is 0.434 e. The van der Waals surface area contributed by atoms with Gasteiger partial charge in [-0.1, -0.05) is 6.07 Å². The van der Waals surface area contributed by atoms with Crippen LogP contribution in [0.1, 0.15) is 40.6 Å². The van der Waals surface area contributed by atoms with Crippen molar-refractivity contribution in [3.05, 3.63) is 47.5 Å². The molecule has 0 radical (unpaired) electrons. The van der Waals surface area contributed by atoms with Gasteiger partial charge >= 0.3 is 6.18 Å². The van der Waals surface area contributed by atoms with E-state index in [1.165, 1.54) is 6.20 Å². The molecule has 10 heteroatoms. The fraction of sp³-hybridized carbons (Fsp3) is 0.375. The predicted octanol–water partition coefficient (Wildman–Crippen LogP) is 1.71. The van der Waals surface area contributed by atoms with Crippen molar-refractivity contribution in [2.45, 2.75) is 31.2 Å². The van der Waals surface area contributed by atoms with Crippen LogP contribution in [0.5, 0.6) is 0 Å². The summed E-state index contributed by atoms with van der Waals surface area (Å²) in [5, 5.41) is 12.1. The molecule has 138 valence electrons. The number of alkyl halides is 3. The van der Waals surface area contributed by atoms with Gasteiger partial charge in [0.15, 0.2) is 5.69 Å². The number of carbonyl (C=O) groups excluding carboxylic acids is 1. The Morgan fingerprint density at radius 1 is 1.31 bits per heavy atom. The van der Waals surface area contributed by atoms with Crippen LogP contribution in [0, 0.1) is 5.92 Å². The molecule has 1 amide bonds. The highest BCUT2D eigenvalue weighted by Gasteiger charge is 2.40. The summed E-state index contributed by atoms with van der Waals surface area (Å²) in [5.74, 6) is -1.68. The van der Waals surface area contributed by atoms with Crippen LogP contribution in [-0.2, 0) is 6.18 Å². The molecule has 0 bridgehead atoms. The van der Waals surface area contributed by atoms with Gasteiger partial charge < -0.3 is 16.2 Å². The minimum absolute atomic E-state index is 0.132. The molecule has 3 rings (SSSR count). The lowest BCUT2D eigenvalue weighted by molar-refractivity contribution is -0.141. The van der Waals surface area contributed by atoms with Crippen LogP contribution < -0.4 is 11.1 Å². The second-order valence-electron chi connectivity index (χ2n) is 6.08. The number of aliphatic hydroxyl groups excluding tert-OH is 1. The first kappa shape index (κ1) is 18.1. The summed E-state index contributed by atoms with van der Waals surface area (Å²) in [6, 6.07) is 4.43. The lowest BCUT2D eigenvalue weighted by Gasteiger charge is -2.37.